The molecular formula is C26H42O3. The van der Waals surface area contributed by atoms with Crippen LogP contribution in [0.1, 0.15) is 85.5 Å². The van der Waals surface area contributed by atoms with Crippen LogP contribution in [0.2, 0.25) is 0 Å². The van der Waals surface area contributed by atoms with E-state index in [0.717, 1.165) is 43.3 Å². The Morgan fingerprint density at radius 1 is 1.24 bits per heavy atom. The van der Waals surface area contributed by atoms with E-state index in [-0.39, 0.29) is 5.41 Å². The van der Waals surface area contributed by atoms with Gasteiger partial charge in [0.25, 0.3) is 0 Å². The predicted octanol–water partition coefficient (Wildman–Crippen LogP) is 5.31. The first-order chi connectivity index (χ1) is 13.5. The topological polar surface area (TPSA) is 60.7 Å². The molecule has 6 atom stereocenters. The molecule has 3 aliphatic carbocycles. The van der Waals surface area contributed by atoms with Crippen LogP contribution in [0.25, 0.3) is 0 Å². The Morgan fingerprint density at radius 2 is 1.97 bits per heavy atom. The van der Waals surface area contributed by atoms with Crippen LogP contribution in [0.15, 0.2) is 35.5 Å². The van der Waals surface area contributed by atoms with Crippen LogP contribution in [0.5, 0.6) is 0 Å². The van der Waals surface area contributed by atoms with Gasteiger partial charge in [-0.15, -0.1) is 0 Å². The van der Waals surface area contributed by atoms with E-state index in [0.29, 0.717) is 30.6 Å². The van der Waals surface area contributed by atoms with Crippen LogP contribution in [0.3, 0.4) is 0 Å². The average Bonchev–Trinajstić information content (AvgIpc) is 3.00. The molecule has 0 bridgehead atoms. The normalized spacial score (nSPS) is 40.5. The maximum Gasteiger partial charge on any atom is 0.0811 e. The Balaban J connectivity index is 1.80. The van der Waals surface area contributed by atoms with Crippen molar-refractivity contribution in [1.82, 2.24) is 0 Å². The third-order valence-corrected chi connectivity index (χ3v) is 8.21. The third-order valence-electron chi connectivity index (χ3n) is 8.21. The van der Waals surface area contributed by atoms with Crippen LogP contribution in [-0.2, 0) is 0 Å². The van der Waals surface area contributed by atoms with Crippen molar-refractivity contribution in [2.45, 2.75) is 103 Å². The molecule has 0 amide bonds. The van der Waals surface area contributed by atoms with E-state index >= 15 is 0 Å². The predicted molar refractivity (Wildman–Crippen MR) is 119 cm³/mol. The van der Waals surface area contributed by atoms with Gasteiger partial charge in [0, 0.05) is 6.42 Å². The summed E-state index contributed by atoms with van der Waals surface area (Å²) in [6, 6.07) is 0. The fraction of sp³-hybridized carbons (Fsp3) is 0.769. The molecule has 0 aliphatic heterocycles. The molecule has 0 radical (unpaired) electrons. The van der Waals surface area contributed by atoms with Gasteiger partial charge in [0.05, 0.1) is 17.8 Å². The van der Waals surface area contributed by atoms with Gasteiger partial charge < -0.3 is 15.3 Å². The molecule has 164 valence electrons. The van der Waals surface area contributed by atoms with Gasteiger partial charge in [-0.1, -0.05) is 45.1 Å². The molecule has 0 heterocycles. The molecule has 3 saturated carbocycles. The zero-order valence-corrected chi connectivity index (χ0v) is 19.0. The van der Waals surface area contributed by atoms with Gasteiger partial charge >= 0.3 is 0 Å². The summed E-state index contributed by atoms with van der Waals surface area (Å²) in [4.78, 5) is 0. The lowest BCUT2D eigenvalue weighted by molar-refractivity contribution is -0.0667. The van der Waals surface area contributed by atoms with Crippen LogP contribution in [0.4, 0.5) is 0 Å². The SMILES string of the molecule is C=C1/C(=C\C=C2/CCC[C@@]3(C)[C@H]2CC[C@@H]3[C@@](C)(O)CCC(C)C)C[C@@H](O)C[C@@H]1O. The lowest BCUT2D eigenvalue weighted by Crippen LogP contribution is -2.45. The maximum absolute atomic E-state index is 11.4. The number of fused-ring (bicyclic) bond motifs is 1. The highest BCUT2D eigenvalue weighted by molar-refractivity contribution is 5.38. The number of aliphatic hydroxyl groups excluding tert-OH is 2. The molecule has 3 N–H and O–H groups in total. The summed E-state index contributed by atoms with van der Waals surface area (Å²) in [6.07, 6.45) is 11.9. The van der Waals surface area contributed by atoms with Crippen molar-refractivity contribution >= 4 is 0 Å². The van der Waals surface area contributed by atoms with Crippen LogP contribution >= 0.6 is 0 Å². The molecule has 3 nitrogen and oxygen atoms in total. The monoisotopic (exact) mass is 402 g/mol. The summed E-state index contributed by atoms with van der Waals surface area (Å²) >= 11 is 0. The van der Waals surface area contributed by atoms with Gasteiger partial charge in [-0.05, 0) is 92.6 Å². The Labute approximate surface area is 177 Å². The van der Waals surface area contributed by atoms with Crippen molar-refractivity contribution in [3.05, 3.63) is 35.5 Å². The Morgan fingerprint density at radius 3 is 2.66 bits per heavy atom. The summed E-state index contributed by atoms with van der Waals surface area (Å²) in [7, 11) is 0. The van der Waals surface area contributed by atoms with Crippen molar-refractivity contribution in [2.24, 2.45) is 23.2 Å². The standard InChI is InChI=1S/C26H42O3/c1-17(2)12-14-26(5,29)24-11-10-22-19(7-6-13-25(22,24)4)8-9-20-15-21(27)16-23(28)18(20)3/h8-9,17,21-24,27-29H,3,6-7,10-16H2,1-2,4-5H3/b19-8+,20-9-/t21-,22+,23+,24+,25+,26+/m1/s1. The van der Waals surface area contributed by atoms with Gasteiger partial charge in [0.1, 0.15) is 0 Å². The molecule has 3 fully saturated rings. The maximum atomic E-state index is 11.4. The molecule has 3 aliphatic rings. The molecule has 0 aromatic carbocycles. The van der Waals surface area contributed by atoms with Gasteiger partial charge in [0.2, 0.25) is 0 Å². The minimum absolute atomic E-state index is 0.158. The summed E-state index contributed by atoms with van der Waals surface area (Å²) in [5.41, 5.74) is 2.78. The minimum Gasteiger partial charge on any atom is -0.393 e. The van der Waals surface area contributed by atoms with E-state index in [4.69, 9.17) is 0 Å². The highest BCUT2D eigenvalue weighted by Gasteiger charge is 2.54. The molecule has 29 heavy (non-hydrogen) atoms. The summed E-state index contributed by atoms with van der Waals surface area (Å²) in [5.74, 6) is 1.49. The largest absolute Gasteiger partial charge is 0.393 e. The van der Waals surface area contributed by atoms with E-state index in [9.17, 15) is 15.3 Å². The highest BCUT2D eigenvalue weighted by Crippen LogP contribution is 2.60. The Bertz CT molecular complexity index is 671. The van der Waals surface area contributed by atoms with Crippen molar-refractivity contribution in [1.29, 1.82) is 0 Å². The fourth-order valence-corrected chi connectivity index (χ4v) is 6.48. The Hall–Kier alpha value is -0.900. The number of hydrogen-bond acceptors (Lipinski definition) is 3. The van der Waals surface area contributed by atoms with E-state index in [1.165, 1.54) is 18.4 Å². The number of hydrogen-bond donors (Lipinski definition) is 3. The molecule has 3 rings (SSSR count). The molecule has 0 aromatic rings. The Kier molecular flexibility index (Phi) is 6.82. The molecule has 0 aromatic heterocycles. The zero-order chi connectivity index (χ0) is 21.4. The van der Waals surface area contributed by atoms with Crippen molar-refractivity contribution in [3.63, 3.8) is 0 Å². The van der Waals surface area contributed by atoms with E-state index in [1.54, 1.807) is 0 Å². The molecular weight excluding hydrogens is 360 g/mol. The minimum atomic E-state index is -0.632. The smallest absolute Gasteiger partial charge is 0.0811 e. The fourth-order valence-electron chi connectivity index (χ4n) is 6.48. The first kappa shape index (κ1) is 22.8. The number of allylic oxidation sites excluding steroid dienone is 3. The molecule has 0 unspecified atom stereocenters. The molecule has 3 heteroatoms. The van der Waals surface area contributed by atoms with Gasteiger partial charge in [-0.25, -0.2) is 0 Å². The van der Waals surface area contributed by atoms with Gasteiger partial charge in [-0.2, -0.15) is 0 Å². The number of rotatable bonds is 5. The molecule has 0 spiro atoms. The van der Waals surface area contributed by atoms with Crippen LogP contribution < -0.4 is 0 Å². The first-order valence-electron chi connectivity index (χ1n) is 11.7. The van der Waals surface area contributed by atoms with E-state index in [1.807, 2.05) is 0 Å². The van der Waals surface area contributed by atoms with E-state index in [2.05, 4.69) is 46.4 Å². The lowest BCUT2D eigenvalue weighted by atomic mass is 9.59. The third kappa shape index (κ3) is 4.73. The first-order valence-corrected chi connectivity index (χ1v) is 11.7. The summed E-state index contributed by atoms with van der Waals surface area (Å²) in [6.45, 7) is 13.0. The van der Waals surface area contributed by atoms with Crippen molar-refractivity contribution in [2.75, 3.05) is 0 Å². The van der Waals surface area contributed by atoms with Crippen molar-refractivity contribution < 1.29 is 15.3 Å². The highest BCUT2D eigenvalue weighted by atomic mass is 16.3. The number of aliphatic hydroxyl groups is 3. The second kappa shape index (κ2) is 8.69. The van der Waals surface area contributed by atoms with Gasteiger partial charge in [-0.3, -0.25) is 0 Å². The van der Waals surface area contributed by atoms with Crippen molar-refractivity contribution in [3.8, 4) is 0 Å². The second-order valence-corrected chi connectivity index (χ2v) is 10.9. The van der Waals surface area contributed by atoms with Crippen LogP contribution in [0, 0.1) is 23.2 Å². The van der Waals surface area contributed by atoms with Crippen LogP contribution in [-0.4, -0.2) is 33.1 Å². The van der Waals surface area contributed by atoms with E-state index < -0.39 is 17.8 Å². The molecule has 0 saturated heterocycles. The average molecular weight is 403 g/mol. The second-order valence-electron chi connectivity index (χ2n) is 10.9. The lowest BCUT2D eigenvalue weighted by Gasteiger charge is -2.47. The summed E-state index contributed by atoms with van der Waals surface area (Å²) in [5, 5.41) is 31.5. The quantitative estimate of drug-likeness (QED) is 0.584. The zero-order valence-electron chi connectivity index (χ0n) is 19.0. The summed E-state index contributed by atoms with van der Waals surface area (Å²) < 4.78 is 0. The van der Waals surface area contributed by atoms with Gasteiger partial charge in [0.15, 0.2) is 0 Å².